The average molecular weight is 265 g/mol. The summed E-state index contributed by atoms with van der Waals surface area (Å²) in [5.74, 6) is 0.943. The van der Waals surface area contributed by atoms with E-state index in [0.29, 0.717) is 6.04 Å². The lowest BCUT2D eigenvalue weighted by Crippen LogP contribution is -2.34. The molecule has 4 nitrogen and oxygen atoms in total. The van der Waals surface area contributed by atoms with Crippen LogP contribution in [0.2, 0.25) is 0 Å². The molecule has 1 N–H and O–H groups in total. The minimum atomic E-state index is 0.559. The number of rotatable bonds is 9. The summed E-state index contributed by atoms with van der Waals surface area (Å²) in [4.78, 5) is 6.86. The Hall–Kier alpha value is -1.13. The summed E-state index contributed by atoms with van der Waals surface area (Å²) in [6.45, 7) is 10.1. The van der Waals surface area contributed by atoms with Gasteiger partial charge in [0.1, 0.15) is 5.82 Å². The van der Waals surface area contributed by atoms with Crippen LogP contribution in [0.25, 0.3) is 0 Å². The van der Waals surface area contributed by atoms with Gasteiger partial charge < -0.3 is 10.1 Å². The Kier molecular flexibility index (Phi) is 7.45. The number of ether oxygens (including phenoxy) is 1. The van der Waals surface area contributed by atoms with Crippen molar-refractivity contribution >= 4 is 5.82 Å². The van der Waals surface area contributed by atoms with E-state index in [-0.39, 0.29) is 0 Å². The summed E-state index contributed by atoms with van der Waals surface area (Å²) in [6, 6.07) is 4.75. The molecule has 0 amide bonds. The maximum absolute atomic E-state index is 5.19. The highest BCUT2D eigenvalue weighted by atomic mass is 16.5. The highest BCUT2D eigenvalue weighted by Crippen LogP contribution is 2.11. The minimum Gasteiger partial charge on any atom is -0.383 e. The molecule has 1 atom stereocenters. The molecule has 0 bridgehead atoms. The van der Waals surface area contributed by atoms with Crippen LogP contribution in [-0.4, -0.2) is 42.7 Å². The monoisotopic (exact) mass is 265 g/mol. The van der Waals surface area contributed by atoms with Crippen molar-refractivity contribution in [2.45, 2.75) is 39.8 Å². The molecule has 0 aliphatic rings. The average Bonchev–Trinajstić information content (AvgIpc) is 2.44. The Bertz CT molecular complexity index is 340. The normalized spacial score (nSPS) is 12.7. The van der Waals surface area contributed by atoms with Gasteiger partial charge in [0.15, 0.2) is 0 Å². The number of nitrogens with zero attached hydrogens (tertiary/aromatic N) is 2. The second kappa shape index (κ2) is 8.88. The fraction of sp³-hybridized carbons (Fsp3) is 0.667. The molecule has 1 rings (SSSR count). The third-order valence-electron chi connectivity index (χ3n) is 3.37. The number of hydrogen-bond acceptors (Lipinski definition) is 4. The van der Waals surface area contributed by atoms with E-state index in [4.69, 9.17) is 4.74 Å². The van der Waals surface area contributed by atoms with Gasteiger partial charge in [-0.2, -0.15) is 0 Å². The van der Waals surface area contributed by atoms with Crippen LogP contribution in [0.5, 0.6) is 0 Å². The predicted octanol–water partition coefficient (Wildman–Crippen LogP) is 2.76. The number of hydrogen-bond donors (Lipinski definition) is 1. The maximum Gasteiger partial charge on any atom is 0.125 e. The molecule has 0 aromatic carbocycles. The third kappa shape index (κ3) is 5.57. The van der Waals surface area contributed by atoms with Crippen molar-refractivity contribution in [2.75, 3.05) is 32.1 Å². The Morgan fingerprint density at radius 3 is 2.68 bits per heavy atom. The smallest absolute Gasteiger partial charge is 0.125 e. The van der Waals surface area contributed by atoms with Gasteiger partial charge in [-0.25, -0.2) is 4.98 Å². The zero-order chi connectivity index (χ0) is 14.1. The van der Waals surface area contributed by atoms with E-state index >= 15 is 0 Å². The van der Waals surface area contributed by atoms with Crippen LogP contribution in [-0.2, 0) is 11.3 Å². The first-order valence-corrected chi connectivity index (χ1v) is 7.13. The van der Waals surface area contributed by atoms with Crippen LogP contribution >= 0.6 is 0 Å². The summed E-state index contributed by atoms with van der Waals surface area (Å²) in [7, 11) is 1.75. The maximum atomic E-state index is 5.19. The number of pyridine rings is 1. The Morgan fingerprint density at radius 2 is 2.16 bits per heavy atom. The summed E-state index contributed by atoms with van der Waals surface area (Å²) in [6.07, 6.45) is 3.10. The van der Waals surface area contributed by atoms with Gasteiger partial charge in [-0.1, -0.05) is 13.0 Å². The summed E-state index contributed by atoms with van der Waals surface area (Å²) < 4.78 is 5.19. The van der Waals surface area contributed by atoms with E-state index < -0.39 is 0 Å². The molecule has 0 saturated heterocycles. The molecule has 0 fully saturated rings. The van der Waals surface area contributed by atoms with Gasteiger partial charge in [-0.05, 0) is 31.9 Å². The van der Waals surface area contributed by atoms with Crippen LogP contribution < -0.4 is 5.32 Å². The molecule has 19 heavy (non-hydrogen) atoms. The van der Waals surface area contributed by atoms with Crippen molar-refractivity contribution in [1.29, 1.82) is 0 Å². The van der Waals surface area contributed by atoms with Gasteiger partial charge in [-0.3, -0.25) is 4.90 Å². The van der Waals surface area contributed by atoms with Crippen LogP contribution in [0, 0.1) is 0 Å². The van der Waals surface area contributed by atoms with Crippen molar-refractivity contribution < 1.29 is 4.74 Å². The molecule has 1 unspecified atom stereocenters. The lowest BCUT2D eigenvalue weighted by molar-refractivity contribution is 0.118. The van der Waals surface area contributed by atoms with Gasteiger partial charge in [0, 0.05) is 39.0 Å². The van der Waals surface area contributed by atoms with Gasteiger partial charge in [0.05, 0.1) is 6.61 Å². The van der Waals surface area contributed by atoms with Crippen molar-refractivity contribution in [3.05, 3.63) is 23.9 Å². The highest BCUT2D eigenvalue weighted by Gasteiger charge is 2.12. The molecule has 1 aromatic heterocycles. The predicted molar refractivity (Wildman–Crippen MR) is 80.4 cm³/mol. The first kappa shape index (κ1) is 15.9. The fourth-order valence-electron chi connectivity index (χ4n) is 1.96. The minimum absolute atomic E-state index is 0.559. The largest absolute Gasteiger partial charge is 0.383 e. The number of aromatic nitrogens is 1. The lowest BCUT2D eigenvalue weighted by atomic mass is 10.2. The molecule has 0 spiro atoms. The first-order chi connectivity index (χ1) is 9.21. The van der Waals surface area contributed by atoms with E-state index in [1.807, 2.05) is 12.3 Å². The zero-order valence-corrected chi connectivity index (χ0v) is 12.6. The molecule has 108 valence electrons. The molecule has 0 radical (unpaired) electrons. The molecule has 4 heteroatoms. The second-order valence-corrected chi connectivity index (χ2v) is 4.80. The van der Waals surface area contributed by atoms with E-state index in [9.17, 15) is 0 Å². The van der Waals surface area contributed by atoms with Gasteiger partial charge in [0.25, 0.3) is 0 Å². The van der Waals surface area contributed by atoms with Gasteiger partial charge in [-0.15, -0.1) is 0 Å². The Morgan fingerprint density at radius 1 is 1.37 bits per heavy atom. The SMILES string of the molecule is CCNc1ccc(CN(CCOC)C(C)CC)cn1. The summed E-state index contributed by atoms with van der Waals surface area (Å²) >= 11 is 0. The van der Waals surface area contributed by atoms with Crippen molar-refractivity contribution in [3.63, 3.8) is 0 Å². The molecular formula is C15H27N3O. The van der Waals surface area contributed by atoms with E-state index in [0.717, 1.165) is 38.5 Å². The summed E-state index contributed by atoms with van der Waals surface area (Å²) in [5.41, 5.74) is 1.25. The molecule has 0 aliphatic carbocycles. The topological polar surface area (TPSA) is 37.4 Å². The second-order valence-electron chi connectivity index (χ2n) is 4.80. The third-order valence-corrected chi connectivity index (χ3v) is 3.37. The Balaban J connectivity index is 2.61. The molecule has 1 aromatic rings. The number of methoxy groups -OCH3 is 1. The first-order valence-electron chi connectivity index (χ1n) is 7.13. The Labute approximate surface area is 117 Å². The quantitative estimate of drug-likeness (QED) is 0.745. The zero-order valence-electron chi connectivity index (χ0n) is 12.6. The van der Waals surface area contributed by atoms with Crippen molar-refractivity contribution in [3.8, 4) is 0 Å². The lowest BCUT2D eigenvalue weighted by Gasteiger charge is -2.28. The molecule has 0 saturated carbocycles. The fourth-order valence-corrected chi connectivity index (χ4v) is 1.96. The molecule has 0 aliphatic heterocycles. The van der Waals surface area contributed by atoms with E-state index in [1.165, 1.54) is 5.56 Å². The van der Waals surface area contributed by atoms with Crippen molar-refractivity contribution in [1.82, 2.24) is 9.88 Å². The standard InChI is InChI=1S/C15H27N3O/c1-5-13(3)18(9-10-19-4)12-14-7-8-15(16-6-2)17-11-14/h7-8,11,13H,5-6,9-10,12H2,1-4H3,(H,16,17). The van der Waals surface area contributed by atoms with Crippen LogP contribution in [0.1, 0.15) is 32.8 Å². The van der Waals surface area contributed by atoms with Crippen molar-refractivity contribution in [2.24, 2.45) is 0 Å². The van der Waals surface area contributed by atoms with Gasteiger partial charge in [0.2, 0.25) is 0 Å². The highest BCUT2D eigenvalue weighted by molar-refractivity contribution is 5.35. The van der Waals surface area contributed by atoms with E-state index in [2.05, 4.69) is 42.0 Å². The molecular weight excluding hydrogens is 238 g/mol. The summed E-state index contributed by atoms with van der Waals surface area (Å²) in [5, 5.41) is 3.21. The van der Waals surface area contributed by atoms with Crippen LogP contribution in [0.4, 0.5) is 5.82 Å². The van der Waals surface area contributed by atoms with Crippen LogP contribution in [0.15, 0.2) is 18.3 Å². The number of anilines is 1. The van der Waals surface area contributed by atoms with E-state index in [1.54, 1.807) is 7.11 Å². The van der Waals surface area contributed by atoms with Gasteiger partial charge >= 0.3 is 0 Å². The number of nitrogens with one attached hydrogen (secondary N) is 1. The van der Waals surface area contributed by atoms with Crippen LogP contribution in [0.3, 0.4) is 0 Å². The molecule has 1 heterocycles.